The number of aryl methyl sites for hydroxylation is 3. The van der Waals surface area contributed by atoms with Crippen molar-refractivity contribution in [1.82, 2.24) is 0 Å². The molecule has 0 aromatic heterocycles. The Morgan fingerprint density at radius 1 is 1.00 bits per heavy atom. The van der Waals surface area contributed by atoms with E-state index >= 15 is 0 Å². The Morgan fingerprint density at radius 3 is 2.52 bits per heavy atom. The summed E-state index contributed by atoms with van der Waals surface area (Å²) in [5, 5.41) is 0. The highest BCUT2D eigenvalue weighted by Gasteiger charge is 2.24. The number of Topliss-reactive ketones (excluding diaryl/α,β-unsaturated/α-hetero) is 1. The van der Waals surface area contributed by atoms with Crippen molar-refractivity contribution in [2.75, 3.05) is 6.61 Å². The van der Waals surface area contributed by atoms with Gasteiger partial charge in [-0.25, -0.2) is 4.79 Å². The number of carbonyl (C=O) groups is 2. The first-order valence-corrected chi connectivity index (χ1v) is 8.52. The van der Waals surface area contributed by atoms with Gasteiger partial charge in [0.05, 0.1) is 5.56 Å². The van der Waals surface area contributed by atoms with Crippen molar-refractivity contribution in [3.05, 3.63) is 58.1 Å². The minimum absolute atomic E-state index is 0.0443. The fourth-order valence-electron chi connectivity index (χ4n) is 3.09. The van der Waals surface area contributed by atoms with Gasteiger partial charge in [0.2, 0.25) is 0 Å². The Morgan fingerprint density at radius 2 is 1.76 bits per heavy atom. The minimum atomic E-state index is -0.511. The Hall–Kier alpha value is -2.62. The molecule has 0 N–H and O–H groups in total. The van der Waals surface area contributed by atoms with Crippen LogP contribution in [-0.4, -0.2) is 18.4 Å². The molecule has 25 heavy (non-hydrogen) atoms. The number of ether oxygens (including phenoxy) is 2. The maximum absolute atomic E-state index is 12.3. The SMILES string of the molecule is Cc1ccc(OCC(=O)Oc2ccc(C)c3c2C(=O)CCC3)cc1C. The second kappa shape index (κ2) is 7.09. The predicted molar refractivity (Wildman–Crippen MR) is 95.5 cm³/mol. The van der Waals surface area contributed by atoms with Crippen molar-refractivity contribution < 1.29 is 19.1 Å². The van der Waals surface area contributed by atoms with Gasteiger partial charge in [0.1, 0.15) is 11.5 Å². The smallest absolute Gasteiger partial charge is 0.349 e. The second-order valence-electron chi connectivity index (χ2n) is 6.52. The van der Waals surface area contributed by atoms with Crippen LogP contribution in [0.5, 0.6) is 11.5 Å². The molecule has 2 aromatic rings. The summed E-state index contributed by atoms with van der Waals surface area (Å²) in [7, 11) is 0. The summed E-state index contributed by atoms with van der Waals surface area (Å²) in [4.78, 5) is 24.4. The first-order valence-electron chi connectivity index (χ1n) is 8.52. The standard InChI is InChI=1S/C21H22O4/c1-13-7-9-16(11-15(13)3)24-12-20(23)25-19-10-8-14(2)17-5-4-6-18(22)21(17)19/h7-11H,4-6,12H2,1-3H3. The van der Waals surface area contributed by atoms with Gasteiger partial charge in [-0.15, -0.1) is 0 Å². The van der Waals surface area contributed by atoms with Crippen LogP contribution in [0, 0.1) is 20.8 Å². The molecular formula is C21H22O4. The fourth-order valence-corrected chi connectivity index (χ4v) is 3.09. The van der Waals surface area contributed by atoms with Gasteiger partial charge in [-0.05, 0) is 74.1 Å². The second-order valence-corrected chi connectivity index (χ2v) is 6.52. The highest BCUT2D eigenvalue weighted by molar-refractivity contribution is 6.02. The number of hydrogen-bond acceptors (Lipinski definition) is 4. The average Bonchev–Trinajstić information content (AvgIpc) is 2.59. The number of carbonyl (C=O) groups excluding carboxylic acids is 2. The van der Waals surface area contributed by atoms with Crippen molar-refractivity contribution in [2.45, 2.75) is 40.0 Å². The van der Waals surface area contributed by atoms with Crippen LogP contribution < -0.4 is 9.47 Å². The maximum Gasteiger partial charge on any atom is 0.349 e. The zero-order valence-corrected chi connectivity index (χ0v) is 14.8. The number of fused-ring (bicyclic) bond motifs is 1. The van der Waals surface area contributed by atoms with Crippen molar-refractivity contribution in [1.29, 1.82) is 0 Å². The molecule has 4 heteroatoms. The Bertz CT molecular complexity index is 836. The fraction of sp³-hybridized carbons (Fsp3) is 0.333. The first-order chi connectivity index (χ1) is 12.0. The minimum Gasteiger partial charge on any atom is -0.482 e. The van der Waals surface area contributed by atoms with Crippen molar-refractivity contribution >= 4 is 11.8 Å². The van der Waals surface area contributed by atoms with E-state index in [0.717, 1.165) is 29.5 Å². The summed E-state index contributed by atoms with van der Waals surface area (Å²) in [6, 6.07) is 9.26. The molecular weight excluding hydrogens is 316 g/mol. The number of rotatable bonds is 4. The molecule has 1 aliphatic carbocycles. The van der Waals surface area contributed by atoms with Crippen LogP contribution in [0.4, 0.5) is 0 Å². The lowest BCUT2D eigenvalue weighted by atomic mass is 9.87. The van der Waals surface area contributed by atoms with E-state index in [4.69, 9.17) is 9.47 Å². The van der Waals surface area contributed by atoms with Gasteiger partial charge in [0.25, 0.3) is 0 Å². The molecule has 0 heterocycles. The van der Waals surface area contributed by atoms with Crippen LogP contribution in [-0.2, 0) is 11.2 Å². The van der Waals surface area contributed by atoms with Crippen LogP contribution >= 0.6 is 0 Å². The monoisotopic (exact) mass is 338 g/mol. The normalized spacial score (nSPS) is 13.3. The van der Waals surface area contributed by atoms with Gasteiger partial charge in [0.15, 0.2) is 12.4 Å². The third-order valence-electron chi connectivity index (χ3n) is 4.68. The van der Waals surface area contributed by atoms with E-state index in [1.54, 1.807) is 6.07 Å². The van der Waals surface area contributed by atoms with E-state index in [1.807, 2.05) is 45.0 Å². The van der Waals surface area contributed by atoms with Gasteiger partial charge < -0.3 is 9.47 Å². The van der Waals surface area contributed by atoms with Gasteiger partial charge in [-0.1, -0.05) is 12.1 Å². The van der Waals surface area contributed by atoms with Crippen LogP contribution in [0.2, 0.25) is 0 Å². The van der Waals surface area contributed by atoms with E-state index in [9.17, 15) is 9.59 Å². The molecule has 0 fully saturated rings. The maximum atomic E-state index is 12.3. The molecule has 2 aromatic carbocycles. The van der Waals surface area contributed by atoms with Crippen LogP contribution in [0.15, 0.2) is 30.3 Å². The topological polar surface area (TPSA) is 52.6 Å². The molecule has 0 spiro atoms. The highest BCUT2D eigenvalue weighted by Crippen LogP contribution is 2.32. The molecule has 0 bridgehead atoms. The molecule has 0 amide bonds. The average molecular weight is 338 g/mol. The van der Waals surface area contributed by atoms with Gasteiger partial charge in [-0.2, -0.15) is 0 Å². The lowest BCUT2D eigenvalue weighted by Gasteiger charge is -2.20. The molecule has 0 atom stereocenters. The van der Waals surface area contributed by atoms with Crippen LogP contribution in [0.1, 0.15) is 45.5 Å². The predicted octanol–water partition coefficient (Wildman–Crippen LogP) is 4.12. The summed E-state index contributed by atoms with van der Waals surface area (Å²) < 4.78 is 10.9. The van der Waals surface area contributed by atoms with Crippen molar-refractivity contribution in [2.24, 2.45) is 0 Å². The van der Waals surface area contributed by atoms with Crippen molar-refractivity contribution in [3.63, 3.8) is 0 Å². The number of benzene rings is 2. The quantitative estimate of drug-likeness (QED) is 0.622. The van der Waals surface area contributed by atoms with Crippen LogP contribution in [0.25, 0.3) is 0 Å². The lowest BCUT2D eigenvalue weighted by Crippen LogP contribution is -2.21. The molecule has 0 saturated heterocycles. The lowest BCUT2D eigenvalue weighted by molar-refractivity contribution is -0.136. The summed E-state index contributed by atoms with van der Waals surface area (Å²) in [5.41, 5.74) is 4.89. The van der Waals surface area contributed by atoms with E-state index in [1.165, 1.54) is 5.56 Å². The molecule has 3 rings (SSSR count). The Kier molecular flexibility index (Phi) is 4.88. The van der Waals surface area contributed by atoms with E-state index in [0.29, 0.717) is 23.5 Å². The van der Waals surface area contributed by atoms with Crippen LogP contribution in [0.3, 0.4) is 0 Å². The first kappa shape index (κ1) is 17.2. The summed E-state index contributed by atoms with van der Waals surface area (Å²) in [5.74, 6) is 0.506. The van der Waals surface area contributed by atoms with E-state index in [-0.39, 0.29) is 12.4 Å². The molecule has 0 radical (unpaired) electrons. The van der Waals surface area contributed by atoms with E-state index < -0.39 is 5.97 Å². The highest BCUT2D eigenvalue weighted by atomic mass is 16.6. The zero-order valence-electron chi connectivity index (χ0n) is 14.8. The number of hydrogen-bond donors (Lipinski definition) is 0. The molecule has 1 aliphatic rings. The Labute approximate surface area is 147 Å². The zero-order chi connectivity index (χ0) is 18.0. The number of ketones is 1. The van der Waals surface area contributed by atoms with Crippen molar-refractivity contribution in [3.8, 4) is 11.5 Å². The summed E-state index contributed by atoms with van der Waals surface area (Å²) in [6.07, 6.45) is 2.19. The molecule has 4 nitrogen and oxygen atoms in total. The third kappa shape index (κ3) is 3.73. The Balaban J connectivity index is 1.71. The largest absolute Gasteiger partial charge is 0.482 e. The number of esters is 1. The van der Waals surface area contributed by atoms with Gasteiger partial charge in [0, 0.05) is 6.42 Å². The molecule has 0 aliphatic heterocycles. The molecule has 0 unspecified atom stereocenters. The molecule has 0 saturated carbocycles. The summed E-state index contributed by atoms with van der Waals surface area (Å²) in [6.45, 7) is 5.79. The molecule has 130 valence electrons. The third-order valence-corrected chi connectivity index (χ3v) is 4.68. The van der Waals surface area contributed by atoms with Gasteiger partial charge in [-0.3, -0.25) is 4.79 Å². The van der Waals surface area contributed by atoms with E-state index in [2.05, 4.69) is 0 Å². The van der Waals surface area contributed by atoms with Gasteiger partial charge >= 0.3 is 5.97 Å². The summed E-state index contributed by atoms with van der Waals surface area (Å²) >= 11 is 0.